The molecule has 4 aromatic heterocycles. The summed E-state index contributed by atoms with van der Waals surface area (Å²) in [7, 11) is 0. The first-order chi connectivity index (χ1) is 12.7. The van der Waals surface area contributed by atoms with E-state index >= 15 is 0 Å². The molecule has 0 saturated heterocycles. The second-order valence-corrected chi connectivity index (χ2v) is 6.40. The maximum atomic E-state index is 12.4. The number of nitrogens with one attached hydrogen (secondary N) is 1. The van der Waals surface area contributed by atoms with E-state index in [0.29, 0.717) is 40.9 Å². The van der Waals surface area contributed by atoms with Crippen LogP contribution in [0.1, 0.15) is 23.1 Å². The third kappa shape index (κ3) is 2.90. The minimum Gasteiger partial charge on any atom is -0.369 e. The summed E-state index contributed by atoms with van der Waals surface area (Å²) in [4.78, 5) is 26.0. The number of fused-ring (bicyclic) bond motifs is 1. The van der Waals surface area contributed by atoms with Crippen LogP contribution in [0, 0.1) is 0 Å². The van der Waals surface area contributed by atoms with Crippen molar-refractivity contribution in [2.24, 2.45) is 0 Å². The van der Waals surface area contributed by atoms with Gasteiger partial charge in [-0.25, -0.2) is 9.97 Å². The summed E-state index contributed by atoms with van der Waals surface area (Å²) in [6.07, 6.45) is 1.50. The lowest BCUT2D eigenvalue weighted by Crippen LogP contribution is -2.23. The van der Waals surface area contributed by atoms with E-state index in [4.69, 9.17) is 10.3 Å². The minimum absolute atomic E-state index is 0.150. The smallest absolute Gasteiger partial charge is 0.268 e. The molecule has 0 aromatic carbocycles. The predicted molar refractivity (Wildman–Crippen MR) is 96.4 cm³/mol. The molecule has 0 aliphatic heterocycles. The standard InChI is InChI=1S/C16H15N7O2S/c1-2-23-13-10(20-16(23)17)6-9(7-18-13)14(24)19-8-12-21-15(25-22-12)11-4-3-5-26-11/h3-7H,2,8H2,1H3,(H2,17,20)(H,19,24). The molecule has 0 spiro atoms. The summed E-state index contributed by atoms with van der Waals surface area (Å²) < 4.78 is 6.97. The summed E-state index contributed by atoms with van der Waals surface area (Å²) in [6, 6.07) is 5.46. The molecule has 0 atom stereocenters. The molecule has 0 aliphatic rings. The van der Waals surface area contributed by atoms with Crippen LogP contribution in [-0.2, 0) is 13.1 Å². The van der Waals surface area contributed by atoms with Crippen LogP contribution < -0.4 is 11.1 Å². The Morgan fingerprint density at radius 2 is 2.31 bits per heavy atom. The monoisotopic (exact) mass is 369 g/mol. The van der Waals surface area contributed by atoms with Crippen molar-refractivity contribution in [3.8, 4) is 10.8 Å². The third-order valence-electron chi connectivity index (χ3n) is 3.80. The van der Waals surface area contributed by atoms with Crippen molar-refractivity contribution in [3.05, 3.63) is 41.2 Å². The highest BCUT2D eigenvalue weighted by Crippen LogP contribution is 2.22. The van der Waals surface area contributed by atoms with Crippen molar-refractivity contribution in [1.29, 1.82) is 0 Å². The van der Waals surface area contributed by atoms with Gasteiger partial charge in [-0.15, -0.1) is 11.3 Å². The van der Waals surface area contributed by atoms with Crippen molar-refractivity contribution in [2.45, 2.75) is 20.0 Å². The lowest BCUT2D eigenvalue weighted by Gasteiger charge is -2.03. The Kier molecular flexibility index (Phi) is 4.09. The number of carbonyl (C=O) groups is 1. The Balaban J connectivity index is 1.47. The van der Waals surface area contributed by atoms with E-state index < -0.39 is 0 Å². The van der Waals surface area contributed by atoms with E-state index in [1.165, 1.54) is 17.5 Å². The zero-order valence-corrected chi connectivity index (χ0v) is 14.7. The third-order valence-corrected chi connectivity index (χ3v) is 4.66. The van der Waals surface area contributed by atoms with Gasteiger partial charge in [0, 0.05) is 12.7 Å². The number of pyridine rings is 1. The number of carbonyl (C=O) groups excluding carboxylic acids is 1. The van der Waals surface area contributed by atoms with Gasteiger partial charge in [-0.2, -0.15) is 4.98 Å². The van der Waals surface area contributed by atoms with Crippen LogP contribution in [0.3, 0.4) is 0 Å². The summed E-state index contributed by atoms with van der Waals surface area (Å²) in [5.41, 5.74) is 7.47. The first kappa shape index (κ1) is 16.2. The minimum atomic E-state index is -0.300. The van der Waals surface area contributed by atoms with E-state index in [-0.39, 0.29) is 12.5 Å². The Hall–Kier alpha value is -3.27. The van der Waals surface area contributed by atoms with Crippen LogP contribution in [0.2, 0.25) is 0 Å². The van der Waals surface area contributed by atoms with E-state index in [1.54, 1.807) is 10.6 Å². The fraction of sp³-hybridized carbons (Fsp3) is 0.188. The molecule has 132 valence electrons. The highest BCUT2D eigenvalue weighted by molar-refractivity contribution is 7.13. The topological polar surface area (TPSA) is 125 Å². The van der Waals surface area contributed by atoms with Crippen molar-refractivity contribution < 1.29 is 9.32 Å². The van der Waals surface area contributed by atoms with Gasteiger partial charge in [0.1, 0.15) is 5.52 Å². The van der Waals surface area contributed by atoms with Crippen LogP contribution in [0.5, 0.6) is 0 Å². The number of nitrogen functional groups attached to an aromatic ring is 1. The highest BCUT2D eigenvalue weighted by atomic mass is 32.1. The van der Waals surface area contributed by atoms with Gasteiger partial charge in [0.15, 0.2) is 11.5 Å². The van der Waals surface area contributed by atoms with Gasteiger partial charge in [0.05, 0.1) is 17.0 Å². The molecule has 0 unspecified atom stereocenters. The molecule has 0 aliphatic carbocycles. The molecule has 0 fully saturated rings. The van der Waals surface area contributed by atoms with Crippen LogP contribution in [0.15, 0.2) is 34.3 Å². The highest BCUT2D eigenvalue weighted by Gasteiger charge is 2.14. The largest absolute Gasteiger partial charge is 0.369 e. The number of hydrogen-bond acceptors (Lipinski definition) is 8. The Morgan fingerprint density at radius 1 is 1.42 bits per heavy atom. The second-order valence-electron chi connectivity index (χ2n) is 5.46. The van der Waals surface area contributed by atoms with Gasteiger partial charge in [-0.05, 0) is 24.4 Å². The van der Waals surface area contributed by atoms with E-state index in [2.05, 4.69) is 25.4 Å². The van der Waals surface area contributed by atoms with Gasteiger partial charge >= 0.3 is 0 Å². The number of rotatable bonds is 5. The molecule has 4 aromatic rings. The van der Waals surface area contributed by atoms with Gasteiger partial charge in [-0.3, -0.25) is 9.36 Å². The molecule has 1 amide bonds. The van der Waals surface area contributed by atoms with Crippen LogP contribution in [-0.4, -0.2) is 30.6 Å². The van der Waals surface area contributed by atoms with E-state index in [1.807, 2.05) is 24.4 Å². The zero-order valence-electron chi connectivity index (χ0n) is 13.8. The molecule has 4 rings (SSSR count). The Morgan fingerprint density at radius 3 is 3.08 bits per heavy atom. The van der Waals surface area contributed by atoms with Gasteiger partial charge in [0.25, 0.3) is 11.8 Å². The van der Waals surface area contributed by atoms with Crippen LogP contribution in [0.25, 0.3) is 21.9 Å². The number of aryl methyl sites for hydroxylation is 1. The van der Waals surface area contributed by atoms with Crippen molar-refractivity contribution in [3.63, 3.8) is 0 Å². The molecule has 4 heterocycles. The van der Waals surface area contributed by atoms with Crippen molar-refractivity contribution >= 4 is 34.4 Å². The number of nitrogens with two attached hydrogens (primary N) is 1. The molecule has 0 bridgehead atoms. The molecule has 10 heteroatoms. The van der Waals surface area contributed by atoms with Gasteiger partial charge in [0.2, 0.25) is 5.95 Å². The molecule has 3 N–H and O–H groups in total. The maximum Gasteiger partial charge on any atom is 0.268 e. The quantitative estimate of drug-likeness (QED) is 0.551. The molecule has 9 nitrogen and oxygen atoms in total. The molecule has 26 heavy (non-hydrogen) atoms. The van der Waals surface area contributed by atoms with Crippen molar-refractivity contribution in [2.75, 3.05) is 5.73 Å². The van der Waals surface area contributed by atoms with Crippen LogP contribution in [0.4, 0.5) is 5.95 Å². The molecular formula is C16H15N7O2S. The first-order valence-corrected chi connectivity index (χ1v) is 8.80. The Bertz CT molecular complexity index is 1070. The molecule has 0 radical (unpaired) electrons. The summed E-state index contributed by atoms with van der Waals surface area (Å²) >= 11 is 1.51. The number of anilines is 1. The van der Waals surface area contributed by atoms with E-state index in [0.717, 1.165) is 4.88 Å². The normalized spacial score (nSPS) is 11.1. The van der Waals surface area contributed by atoms with E-state index in [9.17, 15) is 4.79 Å². The predicted octanol–water partition coefficient (Wildman–Crippen LogP) is 2.07. The number of hydrogen-bond donors (Lipinski definition) is 2. The Labute approximate surface area is 151 Å². The number of nitrogens with zero attached hydrogens (tertiary/aromatic N) is 5. The molecular weight excluding hydrogens is 354 g/mol. The number of aromatic nitrogens is 5. The lowest BCUT2D eigenvalue weighted by molar-refractivity contribution is 0.0949. The van der Waals surface area contributed by atoms with Crippen molar-refractivity contribution in [1.82, 2.24) is 30.0 Å². The number of thiophene rings is 1. The average molecular weight is 369 g/mol. The average Bonchev–Trinajstić information content (AvgIpc) is 3.37. The first-order valence-electron chi connectivity index (χ1n) is 7.92. The fourth-order valence-corrected chi connectivity index (χ4v) is 3.20. The second kappa shape index (κ2) is 6.56. The van der Waals surface area contributed by atoms with Gasteiger partial charge in [-0.1, -0.05) is 11.2 Å². The fourth-order valence-electron chi connectivity index (χ4n) is 2.55. The summed E-state index contributed by atoms with van der Waals surface area (Å²) in [5.74, 6) is 0.912. The van der Waals surface area contributed by atoms with Gasteiger partial charge < -0.3 is 15.6 Å². The molecule has 0 saturated carbocycles. The SMILES string of the molecule is CCn1c(N)nc2cc(C(=O)NCc3noc(-c4cccs4)n3)cnc21. The number of imidazole rings is 1. The maximum absolute atomic E-state index is 12.4. The van der Waals surface area contributed by atoms with Crippen LogP contribution >= 0.6 is 11.3 Å². The number of amides is 1. The summed E-state index contributed by atoms with van der Waals surface area (Å²) in [6.45, 7) is 2.76. The summed E-state index contributed by atoms with van der Waals surface area (Å²) in [5, 5.41) is 8.55. The lowest BCUT2D eigenvalue weighted by atomic mass is 10.2. The zero-order chi connectivity index (χ0) is 18.1.